The summed E-state index contributed by atoms with van der Waals surface area (Å²) in [7, 11) is -3.60. The van der Waals surface area contributed by atoms with Gasteiger partial charge < -0.3 is 5.73 Å². The van der Waals surface area contributed by atoms with Crippen molar-refractivity contribution < 1.29 is 13.2 Å². The Morgan fingerprint density at radius 3 is 1.71 bits per heavy atom. The molecule has 0 aliphatic heterocycles. The molecule has 0 aromatic heterocycles. The van der Waals surface area contributed by atoms with Gasteiger partial charge in [0.15, 0.2) is 0 Å². The average molecular weight is 123 g/mol. The van der Waals surface area contributed by atoms with Gasteiger partial charge in [-0.2, -0.15) is 0 Å². The molecule has 0 unspecified atom stereocenters. The highest BCUT2D eigenvalue weighted by molar-refractivity contribution is 8.05. The zero-order chi connectivity index (χ0) is 6.08. The topological polar surface area (TPSA) is 77.2 Å². The Labute approximate surface area is 41.2 Å². The third kappa shape index (κ3) is 2.16. The Kier molecular flexibility index (Phi) is 1.37. The molecule has 0 radical (unpaired) electrons. The molecule has 0 aliphatic rings. The minimum atomic E-state index is -3.60. The van der Waals surface area contributed by atoms with Gasteiger partial charge in [0.25, 0.3) is 0 Å². The van der Waals surface area contributed by atoms with Crippen LogP contribution in [0.1, 0.15) is 0 Å². The van der Waals surface area contributed by atoms with Gasteiger partial charge in [0.1, 0.15) is 0 Å². The van der Waals surface area contributed by atoms with Crippen LogP contribution in [0.5, 0.6) is 0 Å². The molecule has 2 N–H and O–H groups in total. The predicted molar refractivity (Wildman–Crippen MR) is 24.4 cm³/mol. The Morgan fingerprint density at radius 2 is 1.71 bits per heavy atom. The first kappa shape index (κ1) is 6.42. The predicted octanol–water partition coefficient (Wildman–Crippen LogP) is -0.890. The van der Waals surface area contributed by atoms with E-state index < -0.39 is 15.1 Å². The van der Waals surface area contributed by atoms with Crippen LogP contribution in [0, 0.1) is 0 Å². The summed E-state index contributed by atoms with van der Waals surface area (Å²) in [5.74, 6) is 0. The van der Waals surface area contributed by atoms with E-state index in [0.717, 1.165) is 6.26 Å². The van der Waals surface area contributed by atoms with E-state index in [-0.39, 0.29) is 0 Å². The van der Waals surface area contributed by atoms with E-state index in [9.17, 15) is 13.2 Å². The fourth-order valence-corrected chi connectivity index (χ4v) is 0. The van der Waals surface area contributed by atoms with Crippen molar-refractivity contribution in [2.24, 2.45) is 5.73 Å². The largest absolute Gasteiger partial charge is 0.356 e. The number of rotatable bonds is 0. The standard InChI is InChI=1S/C2H5NO3S/c1-7(5,6)2(3)4/h1H3,(H2,3,4). The molecular formula is C2H5NO3S. The van der Waals surface area contributed by atoms with Crippen LogP contribution in [-0.4, -0.2) is 19.9 Å². The van der Waals surface area contributed by atoms with E-state index >= 15 is 0 Å². The van der Waals surface area contributed by atoms with Crippen LogP contribution in [0.4, 0.5) is 4.79 Å². The summed E-state index contributed by atoms with van der Waals surface area (Å²) in [5.41, 5.74) is 4.34. The van der Waals surface area contributed by atoms with Gasteiger partial charge in [0.05, 0.1) is 0 Å². The van der Waals surface area contributed by atoms with Crippen molar-refractivity contribution in [1.82, 2.24) is 0 Å². The maximum absolute atomic E-state index is 9.86. The number of amides is 1. The molecule has 5 heteroatoms. The van der Waals surface area contributed by atoms with E-state index in [1.165, 1.54) is 0 Å². The molecule has 42 valence electrons. The number of hydrogen-bond acceptors (Lipinski definition) is 3. The average Bonchev–Trinajstić information content (AvgIpc) is 1.31. The van der Waals surface area contributed by atoms with E-state index in [1.807, 2.05) is 0 Å². The van der Waals surface area contributed by atoms with Crippen molar-refractivity contribution >= 4 is 15.1 Å². The van der Waals surface area contributed by atoms with Crippen LogP contribution >= 0.6 is 0 Å². The molecule has 0 heterocycles. The molecule has 0 atom stereocenters. The Hall–Kier alpha value is -0.580. The normalized spacial score (nSPS) is 11.0. The maximum atomic E-state index is 9.86. The monoisotopic (exact) mass is 123 g/mol. The highest BCUT2D eigenvalue weighted by Gasteiger charge is 2.07. The smallest absolute Gasteiger partial charge is 0.333 e. The van der Waals surface area contributed by atoms with E-state index in [1.54, 1.807) is 0 Å². The van der Waals surface area contributed by atoms with Crippen LogP contribution in [0.3, 0.4) is 0 Å². The fraction of sp³-hybridized carbons (Fsp3) is 0.500. The summed E-state index contributed by atoms with van der Waals surface area (Å²) in [6.07, 6.45) is 0.759. The molecule has 7 heavy (non-hydrogen) atoms. The van der Waals surface area contributed by atoms with Crippen LogP contribution in [0.2, 0.25) is 0 Å². The molecule has 0 aromatic carbocycles. The molecule has 0 saturated heterocycles. The zero-order valence-electron chi connectivity index (χ0n) is 3.71. The van der Waals surface area contributed by atoms with Gasteiger partial charge in [-0.25, -0.2) is 8.42 Å². The maximum Gasteiger partial charge on any atom is 0.333 e. The molecule has 0 aromatic rings. The molecule has 1 amide bonds. The van der Waals surface area contributed by atoms with E-state index in [4.69, 9.17) is 0 Å². The zero-order valence-corrected chi connectivity index (χ0v) is 4.53. The highest BCUT2D eigenvalue weighted by Crippen LogP contribution is 1.76. The summed E-state index contributed by atoms with van der Waals surface area (Å²) >= 11 is 0. The fourth-order valence-electron chi connectivity index (χ4n) is 0. The Balaban J connectivity index is 4.43. The van der Waals surface area contributed by atoms with Gasteiger partial charge in [0.2, 0.25) is 9.84 Å². The molecular weight excluding hydrogens is 118 g/mol. The molecule has 0 saturated carbocycles. The molecule has 0 aliphatic carbocycles. The van der Waals surface area contributed by atoms with Crippen molar-refractivity contribution in [3.05, 3.63) is 0 Å². The van der Waals surface area contributed by atoms with E-state index in [0.29, 0.717) is 0 Å². The lowest BCUT2D eigenvalue weighted by Crippen LogP contribution is -2.19. The molecule has 0 fully saturated rings. The SMILES string of the molecule is CS(=O)(=O)C(N)=O. The van der Waals surface area contributed by atoms with Gasteiger partial charge in [-0.1, -0.05) is 0 Å². The second-order valence-corrected chi connectivity index (χ2v) is 3.04. The lowest BCUT2D eigenvalue weighted by Gasteiger charge is -1.81. The molecule has 0 bridgehead atoms. The summed E-state index contributed by atoms with van der Waals surface area (Å²) in [6, 6.07) is 0. The molecule has 4 nitrogen and oxygen atoms in total. The second kappa shape index (κ2) is 1.49. The Morgan fingerprint density at radius 1 is 1.57 bits per heavy atom. The summed E-state index contributed by atoms with van der Waals surface area (Å²) in [4.78, 5) is 9.66. The minimum Gasteiger partial charge on any atom is -0.356 e. The van der Waals surface area contributed by atoms with Crippen LogP contribution < -0.4 is 5.73 Å². The lowest BCUT2D eigenvalue weighted by atomic mass is 11.5. The number of carbonyl (C=O) groups excluding carboxylic acids is 1. The minimum absolute atomic E-state index is 0.759. The summed E-state index contributed by atoms with van der Waals surface area (Å²) in [5, 5.41) is -1.28. The van der Waals surface area contributed by atoms with Crippen molar-refractivity contribution in [2.45, 2.75) is 0 Å². The van der Waals surface area contributed by atoms with Gasteiger partial charge in [-0.3, -0.25) is 4.79 Å². The third-order valence-corrected chi connectivity index (χ3v) is 1.10. The van der Waals surface area contributed by atoms with Crippen molar-refractivity contribution in [2.75, 3.05) is 6.26 Å². The summed E-state index contributed by atoms with van der Waals surface area (Å²) < 4.78 is 19.7. The van der Waals surface area contributed by atoms with E-state index in [2.05, 4.69) is 5.73 Å². The second-order valence-electron chi connectivity index (χ2n) is 1.09. The Bertz CT molecular complexity index is 167. The summed E-state index contributed by atoms with van der Waals surface area (Å²) in [6.45, 7) is 0. The van der Waals surface area contributed by atoms with Gasteiger partial charge in [-0.15, -0.1) is 0 Å². The van der Waals surface area contributed by atoms with Crippen LogP contribution in [-0.2, 0) is 9.84 Å². The first-order valence-electron chi connectivity index (χ1n) is 1.44. The van der Waals surface area contributed by atoms with Crippen molar-refractivity contribution in [1.29, 1.82) is 0 Å². The highest BCUT2D eigenvalue weighted by atomic mass is 32.2. The van der Waals surface area contributed by atoms with Crippen LogP contribution in [0.25, 0.3) is 0 Å². The van der Waals surface area contributed by atoms with Gasteiger partial charge in [0, 0.05) is 6.26 Å². The first-order valence-corrected chi connectivity index (χ1v) is 3.33. The molecule has 0 spiro atoms. The van der Waals surface area contributed by atoms with Gasteiger partial charge >= 0.3 is 5.24 Å². The van der Waals surface area contributed by atoms with Crippen molar-refractivity contribution in [3.8, 4) is 0 Å². The number of primary amides is 1. The van der Waals surface area contributed by atoms with Crippen LogP contribution in [0.15, 0.2) is 0 Å². The van der Waals surface area contributed by atoms with Crippen molar-refractivity contribution in [3.63, 3.8) is 0 Å². The third-order valence-electron chi connectivity index (χ3n) is 0.365. The first-order chi connectivity index (χ1) is 2.94. The lowest BCUT2D eigenvalue weighted by molar-refractivity contribution is 0.265. The molecule has 0 rings (SSSR count). The number of hydrogen-bond donors (Lipinski definition) is 1. The quantitative estimate of drug-likeness (QED) is 0.454. The number of sulfone groups is 1. The van der Waals surface area contributed by atoms with Gasteiger partial charge in [-0.05, 0) is 0 Å². The number of carbonyl (C=O) groups is 1. The number of nitrogens with two attached hydrogens (primary N) is 1.